The standard InChI is InChI=1S/C14H16ClF3N2O3/c15-11-9(7-20-4-2-1-3-5-20)10(23-14(16,17)18)6-8(12(11)19)13(21)22/h6H,1-5,7,19H2,(H,21,22). The van der Waals surface area contributed by atoms with Gasteiger partial charge in [0.2, 0.25) is 0 Å². The van der Waals surface area contributed by atoms with Gasteiger partial charge in [-0.1, -0.05) is 18.0 Å². The minimum Gasteiger partial charge on any atom is -0.478 e. The van der Waals surface area contributed by atoms with Gasteiger partial charge in [-0.2, -0.15) is 0 Å². The van der Waals surface area contributed by atoms with E-state index >= 15 is 0 Å². The van der Waals surface area contributed by atoms with Gasteiger partial charge in [-0.15, -0.1) is 13.2 Å². The van der Waals surface area contributed by atoms with E-state index in [-0.39, 0.29) is 22.8 Å². The highest BCUT2D eigenvalue weighted by atomic mass is 35.5. The fourth-order valence-electron chi connectivity index (χ4n) is 2.57. The molecule has 1 fully saturated rings. The number of ether oxygens (including phenoxy) is 1. The van der Waals surface area contributed by atoms with Crippen molar-refractivity contribution in [1.82, 2.24) is 4.90 Å². The van der Waals surface area contributed by atoms with Crippen molar-refractivity contribution in [3.63, 3.8) is 0 Å². The maximum Gasteiger partial charge on any atom is 0.573 e. The average molecular weight is 353 g/mol. The van der Waals surface area contributed by atoms with Crippen molar-refractivity contribution in [2.75, 3.05) is 18.8 Å². The lowest BCUT2D eigenvalue weighted by atomic mass is 10.0. The summed E-state index contributed by atoms with van der Waals surface area (Å²) in [5.41, 5.74) is 4.92. The molecule has 0 radical (unpaired) electrons. The van der Waals surface area contributed by atoms with Crippen molar-refractivity contribution >= 4 is 23.3 Å². The van der Waals surface area contributed by atoms with Crippen LogP contribution in [0.1, 0.15) is 35.2 Å². The topological polar surface area (TPSA) is 75.8 Å². The van der Waals surface area contributed by atoms with Crippen LogP contribution in [0.25, 0.3) is 0 Å². The third-order valence-corrected chi connectivity index (χ3v) is 4.08. The number of aromatic carboxylic acids is 1. The van der Waals surface area contributed by atoms with Gasteiger partial charge in [0.05, 0.1) is 16.3 Å². The second kappa shape index (κ2) is 6.84. The highest BCUT2D eigenvalue weighted by molar-refractivity contribution is 6.35. The molecule has 0 atom stereocenters. The van der Waals surface area contributed by atoms with Crippen LogP contribution < -0.4 is 10.5 Å². The van der Waals surface area contributed by atoms with E-state index in [1.54, 1.807) is 0 Å². The van der Waals surface area contributed by atoms with E-state index in [1.165, 1.54) is 0 Å². The molecule has 128 valence electrons. The van der Waals surface area contributed by atoms with Crippen molar-refractivity contribution in [3.05, 3.63) is 22.2 Å². The van der Waals surface area contributed by atoms with E-state index in [9.17, 15) is 18.0 Å². The molecule has 0 unspecified atom stereocenters. The number of nitrogen functional groups attached to an aromatic ring is 1. The third-order valence-electron chi connectivity index (χ3n) is 3.65. The molecule has 1 saturated heterocycles. The SMILES string of the molecule is Nc1c(C(=O)O)cc(OC(F)(F)F)c(CN2CCCCC2)c1Cl. The average Bonchev–Trinajstić information content (AvgIpc) is 2.46. The Kier molecular flexibility index (Phi) is 5.26. The van der Waals surface area contributed by atoms with Gasteiger partial charge in [-0.05, 0) is 32.0 Å². The molecule has 0 aromatic heterocycles. The number of alkyl halides is 3. The Bertz CT molecular complexity index is 602. The van der Waals surface area contributed by atoms with E-state index in [4.69, 9.17) is 22.4 Å². The molecule has 1 heterocycles. The first-order valence-electron chi connectivity index (χ1n) is 7.01. The smallest absolute Gasteiger partial charge is 0.478 e. The number of hydrogen-bond donors (Lipinski definition) is 2. The van der Waals surface area contributed by atoms with Crippen molar-refractivity contribution in [2.24, 2.45) is 0 Å². The summed E-state index contributed by atoms with van der Waals surface area (Å²) in [5.74, 6) is -2.10. The van der Waals surface area contributed by atoms with Gasteiger partial charge in [0.1, 0.15) is 5.75 Å². The van der Waals surface area contributed by atoms with E-state index < -0.39 is 23.6 Å². The van der Waals surface area contributed by atoms with Crippen molar-refractivity contribution in [3.8, 4) is 5.75 Å². The molecule has 0 saturated carbocycles. The van der Waals surface area contributed by atoms with Gasteiger partial charge >= 0.3 is 12.3 Å². The maximum absolute atomic E-state index is 12.6. The van der Waals surface area contributed by atoms with Crippen LogP contribution in [0.5, 0.6) is 5.75 Å². The zero-order valence-corrected chi connectivity index (χ0v) is 12.9. The lowest BCUT2D eigenvalue weighted by Gasteiger charge is -2.28. The molecule has 23 heavy (non-hydrogen) atoms. The van der Waals surface area contributed by atoms with Gasteiger partial charge in [0, 0.05) is 12.1 Å². The molecule has 2 rings (SSSR count). The molecular weight excluding hydrogens is 337 g/mol. The summed E-state index contributed by atoms with van der Waals surface area (Å²) >= 11 is 6.03. The molecule has 0 aliphatic carbocycles. The van der Waals surface area contributed by atoms with E-state index in [2.05, 4.69) is 4.74 Å². The second-order valence-corrected chi connectivity index (χ2v) is 5.70. The molecule has 9 heteroatoms. The number of nitrogens with two attached hydrogens (primary N) is 1. The summed E-state index contributed by atoms with van der Waals surface area (Å²) in [5, 5.41) is 8.83. The Morgan fingerprint density at radius 3 is 2.48 bits per heavy atom. The van der Waals surface area contributed by atoms with Crippen LogP contribution in [0.4, 0.5) is 18.9 Å². The van der Waals surface area contributed by atoms with Crippen LogP contribution in [0.3, 0.4) is 0 Å². The van der Waals surface area contributed by atoms with Crippen LogP contribution in [0.2, 0.25) is 5.02 Å². The lowest BCUT2D eigenvalue weighted by molar-refractivity contribution is -0.275. The second-order valence-electron chi connectivity index (χ2n) is 5.32. The Hall–Kier alpha value is -1.67. The highest BCUT2D eigenvalue weighted by Gasteiger charge is 2.34. The van der Waals surface area contributed by atoms with Gasteiger partial charge in [0.25, 0.3) is 0 Å². The van der Waals surface area contributed by atoms with Gasteiger partial charge in [-0.3, -0.25) is 4.90 Å². The predicted molar refractivity (Wildman–Crippen MR) is 78.6 cm³/mol. The Balaban J connectivity index is 2.44. The highest BCUT2D eigenvalue weighted by Crippen LogP contribution is 2.38. The number of rotatable bonds is 4. The number of piperidine rings is 1. The Morgan fingerprint density at radius 1 is 1.35 bits per heavy atom. The molecule has 3 N–H and O–H groups in total. The molecule has 0 bridgehead atoms. The molecular formula is C14H16ClF3N2O3. The number of nitrogens with zero attached hydrogens (tertiary/aromatic N) is 1. The van der Waals surface area contributed by atoms with Crippen LogP contribution >= 0.6 is 11.6 Å². The zero-order valence-electron chi connectivity index (χ0n) is 12.1. The minimum atomic E-state index is -4.95. The summed E-state index contributed by atoms with van der Waals surface area (Å²) in [6.07, 6.45) is -2.01. The first kappa shape index (κ1) is 17.7. The summed E-state index contributed by atoms with van der Waals surface area (Å²) in [6, 6.07) is 0.774. The quantitative estimate of drug-likeness (QED) is 0.811. The monoisotopic (exact) mass is 352 g/mol. The predicted octanol–water partition coefficient (Wildman–Crippen LogP) is 3.50. The largest absolute Gasteiger partial charge is 0.573 e. The van der Waals surface area contributed by atoms with E-state index in [1.807, 2.05) is 4.90 Å². The number of carbonyl (C=O) groups is 1. The van der Waals surface area contributed by atoms with Gasteiger partial charge < -0.3 is 15.6 Å². The number of halogens is 4. The molecule has 0 amide bonds. The number of benzene rings is 1. The number of hydrogen-bond acceptors (Lipinski definition) is 4. The Labute approximate surface area is 135 Å². The molecule has 1 aliphatic rings. The number of anilines is 1. The number of carboxylic acid groups (broad SMARTS) is 1. The van der Waals surface area contributed by atoms with Gasteiger partial charge in [0.15, 0.2) is 0 Å². The van der Waals surface area contributed by atoms with Crippen molar-refractivity contribution < 1.29 is 27.8 Å². The van der Waals surface area contributed by atoms with E-state index in [0.717, 1.165) is 38.4 Å². The van der Waals surface area contributed by atoms with Crippen LogP contribution in [0, 0.1) is 0 Å². The van der Waals surface area contributed by atoms with Crippen molar-refractivity contribution in [2.45, 2.75) is 32.2 Å². The summed E-state index contributed by atoms with van der Waals surface area (Å²) < 4.78 is 41.8. The van der Waals surface area contributed by atoms with Gasteiger partial charge in [-0.25, -0.2) is 4.79 Å². The molecule has 1 aromatic carbocycles. The Morgan fingerprint density at radius 2 is 1.96 bits per heavy atom. The first-order valence-corrected chi connectivity index (χ1v) is 7.39. The zero-order chi connectivity index (χ0) is 17.2. The van der Waals surface area contributed by atoms with Crippen LogP contribution in [0.15, 0.2) is 6.07 Å². The molecule has 1 aromatic rings. The first-order chi connectivity index (χ1) is 10.7. The molecule has 1 aliphatic heterocycles. The summed E-state index contributed by atoms with van der Waals surface area (Å²) in [4.78, 5) is 13.0. The number of carboxylic acids is 1. The van der Waals surface area contributed by atoms with E-state index in [0.29, 0.717) is 0 Å². The molecule has 5 nitrogen and oxygen atoms in total. The normalized spacial score (nSPS) is 16.3. The fourth-order valence-corrected chi connectivity index (χ4v) is 2.82. The summed E-state index contributed by atoms with van der Waals surface area (Å²) in [6.45, 7) is 1.57. The lowest BCUT2D eigenvalue weighted by Crippen LogP contribution is -2.30. The summed E-state index contributed by atoms with van der Waals surface area (Å²) in [7, 11) is 0. The maximum atomic E-state index is 12.6. The van der Waals surface area contributed by atoms with Crippen LogP contribution in [-0.4, -0.2) is 35.4 Å². The third kappa shape index (κ3) is 4.42. The minimum absolute atomic E-state index is 0.0494. The fraction of sp³-hybridized carbons (Fsp3) is 0.500. The van der Waals surface area contributed by atoms with Crippen LogP contribution in [-0.2, 0) is 6.54 Å². The number of likely N-dealkylation sites (tertiary alicyclic amines) is 1. The van der Waals surface area contributed by atoms with Crippen molar-refractivity contribution in [1.29, 1.82) is 0 Å². The molecule has 0 spiro atoms.